The fraction of sp³-hybridized carbons (Fsp3) is 0.714. The van der Waals surface area contributed by atoms with Crippen LogP contribution in [-0.4, -0.2) is 59.7 Å². The molecule has 2 heterocycles. The van der Waals surface area contributed by atoms with E-state index in [4.69, 9.17) is 0 Å². The zero-order chi connectivity index (χ0) is 16.9. The van der Waals surface area contributed by atoms with E-state index in [1.165, 1.54) is 6.33 Å². The van der Waals surface area contributed by atoms with Crippen LogP contribution in [0.25, 0.3) is 0 Å². The van der Waals surface area contributed by atoms with Crippen LogP contribution in [-0.2, 0) is 4.74 Å². The minimum absolute atomic E-state index is 0.0466. The molecule has 6 nitrogen and oxygen atoms in total. The first-order valence-corrected chi connectivity index (χ1v) is 7.49. The van der Waals surface area contributed by atoms with E-state index in [2.05, 4.69) is 20.0 Å². The molecule has 0 spiro atoms. The molecule has 1 aromatic heterocycles. The number of halogens is 3. The molecule has 1 aromatic rings. The van der Waals surface area contributed by atoms with Gasteiger partial charge in [-0.05, 0) is 19.8 Å². The largest absolute Gasteiger partial charge is 0.411 e. The molecule has 0 aromatic carbocycles. The van der Waals surface area contributed by atoms with Gasteiger partial charge in [-0.3, -0.25) is 0 Å². The summed E-state index contributed by atoms with van der Waals surface area (Å²) in [6.45, 7) is 1.24. The van der Waals surface area contributed by atoms with Gasteiger partial charge < -0.3 is 20.1 Å². The van der Waals surface area contributed by atoms with E-state index in [1.54, 1.807) is 13.0 Å². The van der Waals surface area contributed by atoms with Gasteiger partial charge in [-0.2, -0.15) is 13.2 Å². The van der Waals surface area contributed by atoms with Crippen LogP contribution in [0.5, 0.6) is 0 Å². The molecule has 0 radical (unpaired) electrons. The van der Waals surface area contributed by atoms with Crippen molar-refractivity contribution in [3.63, 3.8) is 0 Å². The highest BCUT2D eigenvalue weighted by Gasteiger charge is 2.28. The smallest absolute Gasteiger partial charge is 0.394 e. The summed E-state index contributed by atoms with van der Waals surface area (Å²) in [7, 11) is 0. The number of rotatable bonds is 7. The molecule has 2 N–H and O–H groups in total. The van der Waals surface area contributed by atoms with E-state index in [0.717, 1.165) is 19.4 Å². The number of alkyl halides is 3. The number of aromatic nitrogens is 2. The van der Waals surface area contributed by atoms with E-state index < -0.39 is 12.8 Å². The summed E-state index contributed by atoms with van der Waals surface area (Å²) in [5, 5.41) is 12.4. The van der Waals surface area contributed by atoms with Gasteiger partial charge in [0.05, 0.1) is 19.3 Å². The third kappa shape index (κ3) is 5.51. The van der Waals surface area contributed by atoms with Gasteiger partial charge in [0.1, 0.15) is 24.6 Å². The first-order valence-electron chi connectivity index (χ1n) is 7.49. The summed E-state index contributed by atoms with van der Waals surface area (Å²) in [5.41, 5.74) is 0. The second kappa shape index (κ2) is 7.78. The Morgan fingerprint density at radius 1 is 1.48 bits per heavy atom. The van der Waals surface area contributed by atoms with Gasteiger partial charge in [-0.15, -0.1) is 0 Å². The van der Waals surface area contributed by atoms with Crippen molar-refractivity contribution in [2.45, 2.75) is 38.0 Å². The average Bonchev–Trinajstić information content (AvgIpc) is 2.94. The summed E-state index contributed by atoms with van der Waals surface area (Å²) < 4.78 is 40.7. The average molecular weight is 334 g/mol. The molecule has 1 saturated heterocycles. The molecule has 0 saturated carbocycles. The fourth-order valence-corrected chi connectivity index (χ4v) is 2.56. The molecule has 23 heavy (non-hydrogen) atoms. The molecule has 0 amide bonds. The van der Waals surface area contributed by atoms with Gasteiger partial charge in [-0.25, -0.2) is 9.97 Å². The third-order valence-electron chi connectivity index (χ3n) is 3.56. The Kier molecular flexibility index (Phi) is 6.00. The molecule has 0 aliphatic carbocycles. The zero-order valence-electron chi connectivity index (χ0n) is 12.9. The van der Waals surface area contributed by atoms with Crippen molar-refractivity contribution in [3.05, 3.63) is 12.4 Å². The van der Waals surface area contributed by atoms with Crippen molar-refractivity contribution in [1.82, 2.24) is 9.97 Å². The Morgan fingerprint density at radius 3 is 2.96 bits per heavy atom. The minimum atomic E-state index is -4.32. The summed E-state index contributed by atoms with van der Waals surface area (Å²) in [6.07, 6.45) is -1.03. The molecule has 1 aliphatic heterocycles. The number of ether oxygens (including phenoxy) is 1. The van der Waals surface area contributed by atoms with Gasteiger partial charge in [0.2, 0.25) is 0 Å². The molecular weight excluding hydrogens is 313 g/mol. The Morgan fingerprint density at radius 2 is 2.26 bits per heavy atom. The van der Waals surface area contributed by atoms with E-state index in [1.807, 2.05) is 4.90 Å². The number of aliphatic hydroxyl groups excluding tert-OH is 1. The van der Waals surface area contributed by atoms with Gasteiger partial charge in [0.15, 0.2) is 0 Å². The van der Waals surface area contributed by atoms with Gasteiger partial charge in [0, 0.05) is 18.7 Å². The Bertz CT molecular complexity index is 501. The maximum absolute atomic E-state index is 12.0. The second-order valence-electron chi connectivity index (χ2n) is 5.61. The van der Waals surface area contributed by atoms with Crippen molar-refractivity contribution in [2.24, 2.45) is 0 Å². The number of aliphatic hydroxyl groups is 1. The number of anilines is 2. The lowest BCUT2D eigenvalue weighted by Crippen LogP contribution is -2.33. The molecule has 1 fully saturated rings. The van der Waals surface area contributed by atoms with Crippen LogP contribution in [0.15, 0.2) is 12.4 Å². The molecule has 2 atom stereocenters. The molecule has 130 valence electrons. The van der Waals surface area contributed by atoms with E-state index in [0.29, 0.717) is 11.6 Å². The van der Waals surface area contributed by atoms with Crippen LogP contribution >= 0.6 is 0 Å². The Labute approximate surface area is 132 Å². The first-order chi connectivity index (χ1) is 10.9. The summed E-state index contributed by atoms with van der Waals surface area (Å²) in [5.74, 6) is 1.21. The number of nitrogens with one attached hydrogen (secondary N) is 1. The van der Waals surface area contributed by atoms with Crippen LogP contribution in [0.1, 0.15) is 19.8 Å². The van der Waals surface area contributed by atoms with Crippen molar-refractivity contribution >= 4 is 11.6 Å². The lowest BCUT2D eigenvalue weighted by atomic mass is 10.2. The van der Waals surface area contributed by atoms with Gasteiger partial charge in [-0.1, -0.05) is 0 Å². The van der Waals surface area contributed by atoms with Gasteiger partial charge in [0.25, 0.3) is 0 Å². The van der Waals surface area contributed by atoms with Gasteiger partial charge >= 0.3 is 6.18 Å². The maximum atomic E-state index is 12.0. The molecule has 0 bridgehead atoms. The second-order valence-corrected chi connectivity index (χ2v) is 5.61. The predicted octanol–water partition coefficient (Wildman–Crippen LogP) is 1.82. The van der Waals surface area contributed by atoms with Crippen LogP contribution in [0, 0.1) is 0 Å². The summed E-state index contributed by atoms with van der Waals surface area (Å²) in [4.78, 5) is 10.3. The van der Waals surface area contributed by atoms with Crippen LogP contribution in [0.4, 0.5) is 24.8 Å². The third-order valence-corrected chi connectivity index (χ3v) is 3.56. The Balaban J connectivity index is 1.89. The number of hydrogen-bond donors (Lipinski definition) is 2. The zero-order valence-corrected chi connectivity index (χ0v) is 12.9. The quantitative estimate of drug-likeness (QED) is 0.793. The number of hydrogen-bond acceptors (Lipinski definition) is 6. The lowest BCUT2D eigenvalue weighted by Gasteiger charge is -2.24. The highest BCUT2D eigenvalue weighted by atomic mass is 19.4. The summed E-state index contributed by atoms with van der Waals surface area (Å²) in [6, 6.07) is 1.45. The van der Waals surface area contributed by atoms with E-state index in [-0.39, 0.29) is 25.3 Å². The van der Waals surface area contributed by atoms with Crippen LogP contribution in [0.3, 0.4) is 0 Å². The van der Waals surface area contributed by atoms with Crippen molar-refractivity contribution < 1.29 is 23.0 Å². The standard InChI is InChI=1S/C14H21F3N4O2/c1-10(7-23-8-14(15,16)17)20-12-5-13(19-9-18-12)21-4-2-3-11(21)6-22/h5,9-11,22H,2-4,6-8H2,1H3,(H,18,19,20)/t10-,11-/m0/s1. The molecule has 2 rings (SSSR count). The topological polar surface area (TPSA) is 70.5 Å². The summed E-state index contributed by atoms with van der Waals surface area (Å²) >= 11 is 0. The van der Waals surface area contributed by atoms with Crippen molar-refractivity contribution in [1.29, 1.82) is 0 Å². The minimum Gasteiger partial charge on any atom is -0.394 e. The normalized spacial score (nSPS) is 19.9. The van der Waals surface area contributed by atoms with E-state index in [9.17, 15) is 18.3 Å². The Hall–Kier alpha value is -1.61. The fourth-order valence-electron chi connectivity index (χ4n) is 2.56. The highest BCUT2D eigenvalue weighted by molar-refractivity contribution is 5.50. The monoisotopic (exact) mass is 334 g/mol. The maximum Gasteiger partial charge on any atom is 0.411 e. The lowest BCUT2D eigenvalue weighted by molar-refractivity contribution is -0.174. The molecular formula is C14H21F3N4O2. The highest BCUT2D eigenvalue weighted by Crippen LogP contribution is 2.24. The van der Waals surface area contributed by atoms with Crippen molar-refractivity contribution in [3.8, 4) is 0 Å². The van der Waals surface area contributed by atoms with E-state index >= 15 is 0 Å². The molecule has 9 heteroatoms. The number of nitrogens with zero attached hydrogens (tertiary/aromatic N) is 3. The molecule has 0 unspecified atom stereocenters. The predicted molar refractivity (Wildman–Crippen MR) is 79.4 cm³/mol. The SMILES string of the molecule is C[C@@H](COCC(F)(F)F)Nc1cc(N2CCC[C@H]2CO)ncn1. The van der Waals surface area contributed by atoms with Crippen LogP contribution in [0.2, 0.25) is 0 Å². The van der Waals surface area contributed by atoms with Crippen LogP contribution < -0.4 is 10.2 Å². The molecule has 1 aliphatic rings. The van der Waals surface area contributed by atoms with Crippen molar-refractivity contribution in [2.75, 3.05) is 36.6 Å². The first kappa shape index (κ1) is 17.7.